The van der Waals surface area contributed by atoms with E-state index in [4.69, 9.17) is 9.84 Å². The van der Waals surface area contributed by atoms with Gasteiger partial charge in [0, 0.05) is 30.9 Å². The molecule has 2 rings (SSSR count). The molecule has 1 aromatic rings. The van der Waals surface area contributed by atoms with Crippen molar-refractivity contribution < 1.29 is 19.4 Å². The van der Waals surface area contributed by atoms with Gasteiger partial charge in [-0.2, -0.15) is 11.8 Å². The summed E-state index contributed by atoms with van der Waals surface area (Å²) in [4.78, 5) is 22.8. The zero-order chi connectivity index (χ0) is 16.7. The normalized spacial score (nSPS) is 16.7. The van der Waals surface area contributed by atoms with Gasteiger partial charge < -0.3 is 15.2 Å². The minimum absolute atomic E-state index is 0.0345. The maximum Gasteiger partial charge on any atom is 0.335 e. The topological polar surface area (TPSA) is 75.6 Å². The Morgan fingerprint density at radius 3 is 2.48 bits per heavy atom. The van der Waals surface area contributed by atoms with Crippen molar-refractivity contribution >= 4 is 23.6 Å². The van der Waals surface area contributed by atoms with Crippen molar-refractivity contribution in [3.05, 3.63) is 35.4 Å². The third-order valence-corrected chi connectivity index (χ3v) is 5.71. The van der Waals surface area contributed by atoms with E-state index in [1.54, 1.807) is 36.0 Å². The van der Waals surface area contributed by atoms with E-state index < -0.39 is 5.97 Å². The summed E-state index contributed by atoms with van der Waals surface area (Å²) in [6, 6.07) is 6.66. The fraction of sp³-hybridized carbons (Fsp3) is 0.529. The number of aromatic carboxylic acids is 1. The monoisotopic (exact) mass is 337 g/mol. The molecule has 5 nitrogen and oxygen atoms in total. The summed E-state index contributed by atoms with van der Waals surface area (Å²) in [5.74, 6) is -0.902. The SMILES string of the molecule is CSC1(CNC(=O)CCc2ccc(C(=O)O)cc2)CCOCC1. The molecule has 0 aliphatic carbocycles. The average molecular weight is 337 g/mol. The van der Waals surface area contributed by atoms with Crippen molar-refractivity contribution in [2.24, 2.45) is 0 Å². The Balaban J connectivity index is 1.77. The van der Waals surface area contributed by atoms with Gasteiger partial charge in [-0.15, -0.1) is 0 Å². The molecule has 0 bridgehead atoms. The lowest BCUT2D eigenvalue weighted by Crippen LogP contribution is -2.44. The summed E-state index contributed by atoms with van der Waals surface area (Å²) < 4.78 is 5.49. The summed E-state index contributed by atoms with van der Waals surface area (Å²) in [7, 11) is 0. The number of thioether (sulfide) groups is 1. The van der Waals surface area contributed by atoms with Crippen molar-refractivity contribution in [3.8, 4) is 0 Å². The zero-order valence-electron chi connectivity index (χ0n) is 13.3. The molecule has 0 spiro atoms. The molecule has 1 aliphatic heterocycles. The van der Waals surface area contributed by atoms with Gasteiger partial charge >= 0.3 is 5.97 Å². The van der Waals surface area contributed by atoms with Crippen molar-refractivity contribution in [2.45, 2.75) is 30.4 Å². The fourth-order valence-electron chi connectivity index (χ4n) is 2.62. The molecule has 0 radical (unpaired) electrons. The molecule has 6 heteroatoms. The minimum atomic E-state index is -0.937. The maximum absolute atomic E-state index is 12.0. The molecule has 0 aromatic heterocycles. The quantitative estimate of drug-likeness (QED) is 0.799. The van der Waals surface area contributed by atoms with Crippen LogP contribution in [0.3, 0.4) is 0 Å². The van der Waals surface area contributed by atoms with Crippen molar-refractivity contribution in [1.82, 2.24) is 5.32 Å². The predicted octanol–water partition coefficient (Wildman–Crippen LogP) is 2.35. The van der Waals surface area contributed by atoms with Crippen LogP contribution in [0.15, 0.2) is 24.3 Å². The van der Waals surface area contributed by atoms with E-state index in [0.717, 1.165) is 31.6 Å². The second-order valence-corrected chi connectivity index (χ2v) is 7.05. The molecule has 1 saturated heterocycles. The Labute approximate surface area is 140 Å². The molecular formula is C17H23NO4S. The molecule has 0 saturated carbocycles. The Morgan fingerprint density at radius 2 is 1.91 bits per heavy atom. The van der Waals surface area contributed by atoms with Crippen LogP contribution in [0, 0.1) is 0 Å². The van der Waals surface area contributed by atoms with Crippen LogP contribution in [0.4, 0.5) is 0 Å². The summed E-state index contributed by atoms with van der Waals surface area (Å²) >= 11 is 1.80. The van der Waals surface area contributed by atoms with E-state index >= 15 is 0 Å². The Hall–Kier alpha value is -1.53. The van der Waals surface area contributed by atoms with Gasteiger partial charge in [0.15, 0.2) is 0 Å². The van der Waals surface area contributed by atoms with Gasteiger partial charge in [-0.1, -0.05) is 12.1 Å². The molecule has 0 atom stereocenters. The zero-order valence-corrected chi connectivity index (χ0v) is 14.2. The van der Waals surface area contributed by atoms with E-state index in [1.165, 1.54) is 0 Å². The first kappa shape index (κ1) is 17.8. The first-order chi connectivity index (χ1) is 11.0. The smallest absolute Gasteiger partial charge is 0.335 e. The van der Waals surface area contributed by atoms with Gasteiger partial charge in [0.25, 0.3) is 0 Å². The average Bonchev–Trinajstić information content (AvgIpc) is 2.59. The first-order valence-electron chi connectivity index (χ1n) is 7.76. The van der Waals surface area contributed by atoms with Crippen LogP contribution in [0.25, 0.3) is 0 Å². The second-order valence-electron chi connectivity index (χ2n) is 5.78. The number of carbonyl (C=O) groups excluding carboxylic acids is 1. The largest absolute Gasteiger partial charge is 0.478 e. The number of carboxylic acids is 1. The van der Waals surface area contributed by atoms with Crippen LogP contribution >= 0.6 is 11.8 Å². The van der Waals surface area contributed by atoms with Crippen molar-refractivity contribution in [3.63, 3.8) is 0 Å². The predicted molar refractivity (Wildman–Crippen MR) is 91.0 cm³/mol. The molecule has 126 valence electrons. The number of rotatable bonds is 7. The van der Waals surface area contributed by atoms with E-state index in [-0.39, 0.29) is 16.2 Å². The Kier molecular flexibility index (Phi) is 6.47. The number of carbonyl (C=O) groups is 2. The van der Waals surface area contributed by atoms with Gasteiger partial charge in [0.05, 0.1) is 5.56 Å². The lowest BCUT2D eigenvalue weighted by Gasteiger charge is -2.35. The number of hydrogen-bond acceptors (Lipinski definition) is 4. The second kappa shape index (κ2) is 8.36. The number of carboxylic acid groups (broad SMARTS) is 1. The summed E-state index contributed by atoms with van der Waals surface area (Å²) in [6.07, 6.45) is 5.03. The number of nitrogens with one attached hydrogen (secondary N) is 1. The van der Waals surface area contributed by atoms with Gasteiger partial charge in [-0.05, 0) is 43.2 Å². The molecule has 1 aliphatic rings. The molecule has 23 heavy (non-hydrogen) atoms. The van der Waals surface area contributed by atoms with Crippen molar-refractivity contribution in [2.75, 3.05) is 26.0 Å². The number of ether oxygens (including phenoxy) is 1. The van der Waals surface area contributed by atoms with Crippen LogP contribution in [0.5, 0.6) is 0 Å². The molecular weight excluding hydrogens is 314 g/mol. The molecule has 1 heterocycles. The summed E-state index contributed by atoms with van der Waals surface area (Å²) in [5.41, 5.74) is 1.23. The highest BCUT2D eigenvalue weighted by Crippen LogP contribution is 2.32. The number of hydrogen-bond donors (Lipinski definition) is 2. The van der Waals surface area contributed by atoms with Gasteiger partial charge in [-0.3, -0.25) is 4.79 Å². The molecule has 1 fully saturated rings. The highest BCUT2D eigenvalue weighted by Gasteiger charge is 2.31. The summed E-state index contributed by atoms with van der Waals surface area (Å²) in [6.45, 7) is 2.19. The third-order valence-electron chi connectivity index (χ3n) is 4.29. The van der Waals surface area contributed by atoms with E-state index in [9.17, 15) is 9.59 Å². The number of aryl methyl sites for hydroxylation is 1. The van der Waals surface area contributed by atoms with E-state index in [1.807, 2.05) is 0 Å². The molecule has 1 aromatic carbocycles. The van der Waals surface area contributed by atoms with Crippen LogP contribution in [0.1, 0.15) is 35.2 Å². The molecule has 0 unspecified atom stereocenters. The van der Waals surface area contributed by atoms with Crippen molar-refractivity contribution in [1.29, 1.82) is 0 Å². The van der Waals surface area contributed by atoms with Gasteiger partial charge in [0.1, 0.15) is 0 Å². The van der Waals surface area contributed by atoms with Gasteiger partial charge in [-0.25, -0.2) is 4.79 Å². The Bertz CT molecular complexity index is 538. The Morgan fingerprint density at radius 1 is 1.26 bits per heavy atom. The lowest BCUT2D eigenvalue weighted by molar-refractivity contribution is -0.121. The standard InChI is InChI=1S/C17H23NO4S/c1-23-17(8-10-22-11-9-17)12-18-15(19)7-4-13-2-5-14(6-3-13)16(20)21/h2-3,5-6H,4,7-12H2,1H3,(H,18,19)(H,20,21). The summed E-state index contributed by atoms with van der Waals surface area (Å²) in [5, 5.41) is 11.9. The van der Waals surface area contributed by atoms with Crippen LogP contribution in [-0.2, 0) is 16.0 Å². The van der Waals surface area contributed by atoms with Crippen LogP contribution < -0.4 is 5.32 Å². The van der Waals surface area contributed by atoms with E-state index in [0.29, 0.717) is 19.4 Å². The minimum Gasteiger partial charge on any atom is -0.478 e. The number of amides is 1. The van der Waals surface area contributed by atoms with Gasteiger partial charge in [0.2, 0.25) is 5.91 Å². The van der Waals surface area contributed by atoms with E-state index in [2.05, 4.69) is 11.6 Å². The van der Waals surface area contributed by atoms with Crippen LogP contribution in [-0.4, -0.2) is 47.7 Å². The molecule has 2 N–H and O–H groups in total. The first-order valence-corrected chi connectivity index (χ1v) is 8.99. The number of benzene rings is 1. The van der Waals surface area contributed by atoms with Crippen LogP contribution in [0.2, 0.25) is 0 Å². The maximum atomic E-state index is 12.0. The third kappa shape index (κ3) is 5.25. The highest BCUT2D eigenvalue weighted by molar-refractivity contribution is 8.00. The highest BCUT2D eigenvalue weighted by atomic mass is 32.2. The molecule has 1 amide bonds. The fourth-order valence-corrected chi connectivity index (χ4v) is 3.41. The lowest BCUT2D eigenvalue weighted by atomic mass is 9.99.